The molecule has 0 amide bonds. The van der Waals surface area contributed by atoms with Crippen LogP contribution in [0.2, 0.25) is 0 Å². The van der Waals surface area contributed by atoms with E-state index in [1.165, 1.54) is 22.5 Å². The van der Waals surface area contributed by atoms with Gasteiger partial charge in [0.25, 0.3) is 0 Å². The molecule has 0 unspecified atom stereocenters. The Hall–Kier alpha value is -1.74. The summed E-state index contributed by atoms with van der Waals surface area (Å²) in [5.41, 5.74) is 0. The normalized spacial score (nSPS) is 11.6. The molecule has 2 rings (SSSR count). The van der Waals surface area contributed by atoms with Gasteiger partial charge in [0, 0.05) is 4.90 Å². The van der Waals surface area contributed by atoms with Gasteiger partial charge in [-0.05, 0) is 36.2 Å². The molecule has 0 fully saturated rings. The van der Waals surface area contributed by atoms with Crippen LogP contribution in [0.25, 0.3) is 10.8 Å². The summed E-state index contributed by atoms with van der Waals surface area (Å²) in [5.74, 6) is -0.243. The van der Waals surface area contributed by atoms with Crippen LogP contribution in [0, 0.1) is 0 Å². The highest BCUT2D eigenvalue weighted by Crippen LogP contribution is 2.30. The maximum Gasteiger partial charge on any atom is 0.344 e. The van der Waals surface area contributed by atoms with E-state index in [2.05, 4.69) is 24.3 Å². The van der Waals surface area contributed by atoms with Gasteiger partial charge in [-0.25, -0.2) is 4.79 Å². The second-order valence-electron chi connectivity index (χ2n) is 4.31. The molecule has 0 aliphatic rings. The van der Waals surface area contributed by atoms with Crippen molar-refractivity contribution in [3.8, 4) is 0 Å². The van der Waals surface area contributed by atoms with Crippen LogP contribution in [0.5, 0.6) is 0 Å². The van der Waals surface area contributed by atoms with Crippen molar-refractivity contribution in [2.24, 2.45) is 0 Å². The van der Waals surface area contributed by atoms with E-state index in [9.17, 15) is 4.79 Å². The lowest BCUT2D eigenvalue weighted by Crippen LogP contribution is -2.05. The fraction of sp³-hybridized carbons (Fsp3) is 0.235. The van der Waals surface area contributed by atoms with Gasteiger partial charge in [-0.3, -0.25) is 0 Å². The molecule has 20 heavy (non-hydrogen) atoms. The summed E-state index contributed by atoms with van der Waals surface area (Å²) in [7, 11) is 0. The Morgan fingerprint density at radius 1 is 1.15 bits per heavy atom. The average Bonchev–Trinajstić information content (AvgIpc) is 2.47. The second-order valence-corrected chi connectivity index (χ2v) is 5.42. The van der Waals surface area contributed by atoms with E-state index in [4.69, 9.17) is 4.74 Å². The first-order chi connectivity index (χ1) is 9.74. The Balaban J connectivity index is 2.24. The van der Waals surface area contributed by atoms with Crippen molar-refractivity contribution in [3.05, 3.63) is 53.4 Å². The highest BCUT2D eigenvalue weighted by atomic mass is 32.2. The van der Waals surface area contributed by atoms with Gasteiger partial charge < -0.3 is 4.74 Å². The molecule has 2 aromatic rings. The lowest BCUT2D eigenvalue weighted by atomic mass is 10.1. The number of benzene rings is 2. The topological polar surface area (TPSA) is 26.3 Å². The van der Waals surface area contributed by atoms with Crippen molar-refractivity contribution in [3.63, 3.8) is 0 Å². The summed E-state index contributed by atoms with van der Waals surface area (Å²) >= 11 is 1.46. The molecule has 0 aromatic heterocycles. The number of carbonyl (C=O) groups excluding carboxylic acids is 1. The molecule has 0 bridgehead atoms. The minimum Gasteiger partial charge on any atom is -0.462 e. The maximum atomic E-state index is 11.9. The molecule has 0 aliphatic carbocycles. The molecule has 0 radical (unpaired) electrons. The van der Waals surface area contributed by atoms with Gasteiger partial charge in [0.05, 0.1) is 11.5 Å². The molecular weight excluding hydrogens is 268 g/mol. The fourth-order valence-electron chi connectivity index (χ4n) is 1.91. The average molecular weight is 286 g/mol. The first-order valence-electron chi connectivity index (χ1n) is 6.78. The Bertz CT molecular complexity index is 632. The Morgan fingerprint density at radius 2 is 1.90 bits per heavy atom. The van der Waals surface area contributed by atoms with Crippen LogP contribution in [-0.4, -0.2) is 12.6 Å². The van der Waals surface area contributed by atoms with E-state index in [1.807, 2.05) is 38.1 Å². The third-order valence-corrected chi connectivity index (χ3v) is 3.86. The van der Waals surface area contributed by atoms with E-state index in [-0.39, 0.29) is 5.97 Å². The number of rotatable bonds is 5. The van der Waals surface area contributed by atoms with Crippen LogP contribution in [0.15, 0.2) is 58.3 Å². The number of hydrogen-bond donors (Lipinski definition) is 0. The summed E-state index contributed by atoms with van der Waals surface area (Å²) in [4.78, 5) is 13.6. The second kappa shape index (κ2) is 7.15. The molecule has 104 valence electrons. The van der Waals surface area contributed by atoms with Crippen LogP contribution in [-0.2, 0) is 9.53 Å². The van der Waals surface area contributed by atoms with Crippen LogP contribution in [0.4, 0.5) is 0 Å². The maximum absolute atomic E-state index is 11.9. The molecule has 2 nitrogen and oxygen atoms in total. The largest absolute Gasteiger partial charge is 0.462 e. The SMILES string of the molecule is CC/C=C(/Sc1ccc2ccccc2c1)C(=O)OCC. The van der Waals surface area contributed by atoms with Crippen molar-refractivity contribution in [2.45, 2.75) is 25.2 Å². The van der Waals surface area contributed by atoms with Gasteiger partial charge in [-0.15, -0.1) is 0 Å². The fourth-order valence-corrected chi connectivity index (χ4v) is 2.88. The van der Waals surface area contributed by atoms with Gasteiger partial charge in [0.2, 0.25) is 0 Å². The van der Waals surface area contributed by atoms with Crippen LogP contribution in [0.1, 0.15) is 20.3 Å². The smallest absolute Gasteiger partial charge is 0.344 e. The molecule has 0 spiro atoms. The Morgan fingerprint density at radius 3 is 2.60 bits per heavy atom. The molecule has 0 saturated heterocycles. The lowest BCUT2D eigenvalue weighted by Gasteiger charge is -2.07. The number of ether oxygens (including phenoxy) is 1. The zero-order chi connectivity index (χ0) is 14.4. The summed E-state index contributed by atoms with van der Waals surface area (Å²) in [5, 5.41) is 2.38. The predicted molar refractivity (Wildman–Crippen MR) is 84.8 cm³/mol. The Labute approximate surface area is 123 Å². The number of hydrogen-bond acceptors (Lipinski definition) is 3. The van der Waals surface area contributed by atoms with Gasteiger partial charge in [-0.2, -0.15) is 0 Å². The minimum atomic E-state index is -0.243. The summed E-state index contributed by atoms with van der Waals surface area (Å²) in [6, 6.07) is 14.4. The van der Waals surface area contributed by atoms with E-state index in [1.54, 1.807) is 0 Å². The van der Waals surface area contributed by atoms with E-state index in [0.29, 0.717) is 11.5 Å². The third-order valence-electron chi connectivity index (χ3n) is 2.81. The zero-order valence-corrected chi connectivity index (χ0v) is 12.6. The highest BCUT2D eigenvalue weighted by molar-refractivity contribution is 8.04. The first-order valence-corrected chi connectivity index (χ1v) is 7.60. The highest BCUT2D eigenvalue weighted by Gasteiger charge is 2.12. The third kappa shape index (κ3) is 3.64. The lowest BCUT2D eigenvalue weighted by molar-refractivity contribution is -0.137. The van der Waals surface area contributed by atoms with Crippen molar-refractivity contribution in [2.75, 3.05) is 6.61 Å². The van der Waals surface area contributed by atoms with Gasteiger partial charge in [0.15, 0.2) is 0 Å². The van der Waals surface area contributed by atoms with Crippen molar-refractivity contribution in [1.82, 2.24) is 0 Å². The van der Waals surface area contributed by atoms with Gasteiger partial charge >= 0.3 is 5.97 Å². The molecule has 0 saturated carbocycles. The van der Waals surface area contributed by atoms with Gasteiger partial charge in [0.1, 0.15) is 0 Å². The number of thioether (sulfide) groups is 1. The monoisotopic (exact) mass is 286 g/mol. The molecule has 0 aliphatic heterocycles. The van der Waals surface area contributed by atoms with Crippen LogP contribution < -0.4 is 0 Å². The van der Waals surface area contributed by atoms with E-state index < -0.39 is 0 Å². The Kier molecular flexibility index (Phi) is 5.24. The zero-order valence-electron chi connectivity index (χ0n) is 11.8. The number of allylic oxidation sites excluding steroid dienone is 1. The molecular formula is C17H18O2S. The standard InChI is InChI=1S/C17H18O2S/c1-3-7-16(17(18)19-4-2)20-15-11-10-13-8-5-6-9-14(13)12-15/h5-12H,3-4H2,1-2H3/b16-7+. The molecule has 2 aromatic carbocycles. The van der Waals surface area contributed by atoms with Gasteiger partial charge in [-0.1, -0.05) is 55.1 Å². The molecule has 3 heteroatoms. The van der Waals surface area contributed by atoms with Crippen molar-refractivity contribution in [1.29, 1.82) is 0 Å². The number of fused-ring (bicyclic) bond motifs is 1. The van der Waals surface area contributed by atoms with Crippen molar-refractivity contribution < 1.29 is 9.53 Å². The van der Waals surface area contributed by atoms with E-state index in [0.717, 1.165) is 11.3 Å². The summed E-state index contributed by atoms with van der Waals surface area (Å²) < 4.78 is 5.09. The quantitative estimate of drug-likeness (QED) is 0.449. The van der Waals surface area contributed by atoms with E-state index >= 15 is 0 Å². The first kappa shape index (κ1) is 14.7. The predicted octanol–water partition coefficient (Wildman–Crippen LogP) is 4.79. The summed E-state index contributed by atoms with van der Waals surface area (Å²) in [6.45, 7) is 4.24. The number of esters is 1. The van der Waals surface area contributed by atoms with Crippen molar-refractivity contribution >= 4 is 28.5 Å². The molecule has 0 N–H and O–H groups in total. The molecule has 0 heterocycles. The molecule has 0 atom stereocenters. The number of carbonyl (C=O) groups is 1. The van der Waals surface area contributed by atoms with Crippen LogP contribution >= 0.6 is 11.8 Å². The van der Waals surface area contributed by atoms with Crippen LogP contribution in [0.3, 0.4) is 0 Å². The minimum absolute atomic E-state index is 0.243. The summed E-state index contributed by atoms with van der Waals surface area (Å²) in [6.07, 6.45) is 2.73.